The lowest BCUT2D eigenvalue weighted by Gasteiger charge is -2.27. The van der Waals surface area contributed by atoms with Gasteiger partial charge in [-0.15, -0.1) is 0 Å². The minimum Gasteiger partial charge on any atom is -0.493 e. The number of benzene rings is 1. The van der Waals surface area contributed by atoms with Gasteiger partial charge in [0.05, 0.1) is 6.61 Å². The fourth-order valence-corrected chi connectivity index (χ4v) is 3.63. The molecule has 2 aromatic rings. The Labute approximate surface area is 161 Å². The van der Waals surface area contributed by atoms with Crippen molar-refractivity contribution in [3.63, 3.8) is 0 Å². The lowest BCUT2D eigenvalue weighted by Crippen LogP contribution is -2.23. The number of nitrogens with zero attached hydrogens (tertiary/aromatic N) is 1. The molecule has 0 radical (unpaired) electrons. The lowest BCUT2D eigenvalue weighted by atomic mass is 9.85. The summed E-state index contributed by atoms with van der Waals surface area (Å²) in [6.45, 7) is 11.5. The van der Waals surface area contributed by atoms with E-state index in [1.165, 1.54) is 6.92 Å². The van der Waals surface area contributed by atoms with Crippen molar-refractivity contribution < 1.29 is 14.3 Å². The number of nitrogens with one attached hydrogen (secondary N) is 1. The maximum absolute atomic E-state index is 11.3. The Balaban J connectivity index is 1.80. The molecule has 0 saturated carbocycles. The minimum atomic E-state index is -0.137. The highest BCUT2D eigenvalue weighted by atomic mass is 16.5. The number of rotatable bonds is 6. The third kappa shape index (κ3) is 4.79. The number of fused-ring (bicyclic) bond motifs is 3. The molecule has 1 aliphatic rings. The predicted molar refractivity (Wildman–Crippen MR) is 107 cm³/mol. The number of pyridine rings is 1. The van der Waals surface area contributed by atoms with E-state index in [9.17, 15) is 4.79 Å². The molecule has 5 nitrogen and oxygen atoms in total. The lowest BCUT2D eigenvalue weighted by molar-refractivity contribution is -0.114. The van der Waals surface area contributed by atoms with Crippen molar-refractivity contribution in [2.45, 2.75) is 47.6 Å². The predicted octanol–water partition coefficient (Wildman–Crippen LogP) is 5.05. The van der Waals surface area contributed by atoms with Crippen molar-refractivity contribution in [3.05, 3.63) is 36.0 Å². The first kappa shape index (κ1) is 19.2. The number of ether oxygens (including phenoxy) is 2. The van der Waals surface area contributed by atoms with Crippen molar-refractivity contribution in [2.75, 3.05) is 11.9 Å². The zero-order valence-electron chi connectivity index (χ0n) is 16.8. The monoisotopic (exact) mass is 368 g/mol. The third-order valence-corrected chi connectivity index (χ3v) is 4.51. The van der Waals surface area contributed by atoms with Crippen LogP contribution in [0.4, 0.5) is 5.82 Å². The molecule has 1 aromatic heterocycles. The van der Waals surface area contributed by atoms with Crippen LogP contribution in [0.2, 0.25) is 0 Å². The summed E-state index contributed by atoms with van der Waals surface area (Å²) in [7, 11) is 0. The van der Waals surface area contributed by atoms with Gasteiger partial charge in [0.25, 0.3) is 0 Å². The van der Waals surface area contributed by atoms with Gasteiger partial charge in [0, 0.05) is 30.3 Å². The molecule has 0 unspecified atom stereocenters. The normalized spacial score (nSPS) is 12.8. The number of anilines is 1. The second kappa shape index (κ2) is 7.59. The van der Waals surface area contributed by atoms with Crippen molar-refractivity contribution in [1.29, 1.82) is 0 Å². The van der Waals surface area contributed by atoms with Gasteiger partial charge in [0.15, 0.2) is 0 Å². The Morgan fingerprint density at radius 3 is 2.78 bits per heavy atom. The standard InChI is InChI=1S/C22H28N2O3/c1-14(2)10-22(4,5)13-27-17-6-7-18-19-9-21(24-15(3)25)23-11-16(19)12-26-20(18)8-17/h6-9,11,14H,10,12-13H2,1-5H3,(H,23,24,25). The van der Waals surface area contributed by atoms with Crippen molar-refractivity contribution in [2.24, 2.45) is 11.3 Å². The topological polar surface area (TPSA) is 60.5 Å². The average molecular weight is 368 g/mol. The Morgan fingerprint density at radius 1 is 1.30 bits per heavy atom. The molecule has 1 N–H and O–H groups in total. The Kier molecular flexibility index (Phi) is 5.40. The first-order valence-electron chi connectivity index (χ1n) is 9.40. The molecule has 27 heavy (non-hydrogen) atoms. The van der Waals surface area contributed by atoms with Gasteiger partial charge >= 0.3 is 0 Å². The number of aromatic nitrogens is 1. The zero-order valence-corrected chi connectivity index (χ0v) is 16.8. The van der Waals surface area contributed by atoms with Crippen molar-refractivity contribution >= 4 is 11.7 Å². The van der Waals surface area contributed by atoms with Gasteiger partial charge in [-0.05, 0) is 41.5 Å². The molecule has 3 rings (SSSR count). The molecule has 1 amide bonds. The zero-order chi connectivity index (χ0) is 19.6. The van der Waals surface area contributed by atoms with Crippen LogP contribution in [-0.4, -0.2) is 17.5 Å². The molecule has 1 aliphatic heterocycles. The molecule has 1 aromatic carbocycles. The van der Waals surface area contributed by atoms with E-state index >= 15 is 0 Å². The number of carbonyl (C=O) groups is 1. The van der Waals surface area contributed by atoms with E-state index in [1.54, 1.807) is 6.20 Å². The van der Waals surface area contributed by atoms with E-state index < -0.39 is 0 Å². The van der Waals surface area contributed by atoms with Crippen LogP contribution < -0.4 is 14.8 Å². The SMILES string of the molecule is CC(=O)Nc1cc2c(cn1)COc1cc(OCC(C)(C)CC(C)C)ccc1-2. The molecule has 0 bridgehead atoms. The summed E-state index contributed by atoms with van der Waals surface area (Å²) in [4.78, 5) is 15.6. The third-order valence-electron chi connectivity index (χ3n) is 4.51. The number of hydrogen-bond acceptors (Lipinski definition) is 4. The van der Waals surface area contributed by atoms with E-state index in [2.05, 4.69) is 38.0 Å². The van der Waals surface area contributed by atoms with Crippen LogP contribution in [0.15, 0.2) is 30.5 Å². The quantitative estimate of drug-likeness (QED) is 0.775. The smallest absolute Gasteiger partial charge is 0.222 e. The summed E-state index contributed by atoms with van der Waals surface area (Å²) in [5.74, 6) is 2.65. The second-order valence-electron chi connectivity index (χ2n) is 8.41. The minimum absolute atomic E-state index is 0.121. The van der Waals surface area contributed by atoms with E-state index in [4.69, 9.17) is 9.47 Å². The van der Waals surface area contributed by atoms with E-state index in [0.29, 0.717) is 24.9 Å². The van der Waals surface area contributed by atoms with Gasteiger partial charge in [-0.25, -0.2) is 4.98 Å². The highest BCUT2D eigenvalue weighted by Gasteiger charge is 2.22. The molecule has 2 heterocycles. The summed E-state index contributed by atoms with van der Waals surface area (Å²) < 4.78 is 12.0. The Hall–Kier alpha value is -2.56. The molecular formula is C22H28N2O3. The fourth-order valence-electron chi connectivity index (χ4n) is 3.63. The van der Waals surface area contributed by atoms with Gasteiger partial charge in [0.1, 0.15) is 23.9 Å². The number of hydrogen-bond donors (Lipinski definition) is 1. The Bertz CT molecular complexity index is 843. The first-order valence-corrected chi connectivity index (χ1v) is 9.40. The van der Waals surface area contributed by atoms with Crippen molar-refractivity contribution in [3.8, 4) is 22.6 Å². The van der Waals surface area contributed by atoms with Crippen LogP contribution in [0.3, 0.4) is 0 Å². The molecule has 0 aliphatic carbocycles. The number of carbonyl (C=O) groups excluding carboxylic acids is 1. The molecule has 0 fully saturated rings. The van der Waals surface area contributed by atoms with Crippen molar-refractivity contribution in [1.82, 2.24) is 4.98 Å². The summed E-state index contributed by atoms with van der Waals surface area (Å²) in [6.07, 6.45) is 2.86. The van der Waals surface area contributed by atoms with Crippen LogP contribution in [-0.2, 0) is 11.4 Å². The van der Waals surface area contributed by atoms with Gasteiger partial charge in [-0.3, -0.25) is 4.79 Å². The number of amides is 1. The van der Waals surface area contributed by atoms with Gasteiger partial charge < -0.3 is 14.8 Å². The largest absolute Gasteiger partial charge is 0.493 e. The van der Waals surface area contributed by atoms with Crippen LogP contribution in [0.25, 0.3) is 11.1 Å². The molecule has 0 atom stereocenters. The van der Waals surface area contributed by atoms with Gasteiger partial charge in [-0.1, -0.05) is 27.7 Å². The molecule has 5 heteroatoms. The highest BCUT2D eigenvalue weighted by Crippen LogP contribution is 2.40. The maximum Gasteiger partial charge on any atom is 0.222 e. The molecular weight excluding hydrogens is 340 g/mol. The van der Waals surface area contributed by atoms with Crippen LogP contribution in [0.5, 0.6) is 11.5 Å². The molecule has 0 spiro atoms. The summed E-state index contributed by atoms with van der Waals surface area (Å²) in [6, 6.07) is 7.82. The van der Waals surface area contributed by atoms with Crippen LogP contribution >= 0.6 is 0 Å². The second-order valence-corrected chi connectivity index (χ2v) is 8.41. The molecule has 0 saturated heterocycles. The van der Waals surface area contributed by atoms with E-state index in [0.717, 1.165) is 34.6 Å². The average Bonchev–Trinajstić information content (AvgIpc) is 2.58. The van der Waals surface area contributed by atoms with Crippen LogP contribution in [0.1, 0.15) is 46.6 Å². The highest BCUT2D eigenvalue weighted by molar-refractivity contribution is 5.89. The maximum atomic E-state index is 11.3. The van der Waals surface area contributed by atoms with Crippen LogP contribution in [0, 0.1) is 11.3 Å². The molecule has 144 valence electrons. The fraction of sp³-hybridized carbons (Fsp3) is 0.455. The summed E-state index contributed by atoms with van der Waals surface area (Å²) in [5, 5.41) is 2.73. The summed E-state index contributed by atoms with van der Waals surface area (Å²) in [5.41, 5.74) is 3.14. The Morgan fingerprint density at radius 2 is 2.07 bits per heavy atom. The van der Waals surface area contributed by atoms with Gasteiger partial charge in [-0.2, -0.15) is 0 Å². The van der Waals surface area contributed by atoms with Gasteiger partial charge in [0.2, 0.25) is 5.91 Å². The van der Waals surface area contributed by atoms with E-state index in [1.807, 2.05) is 24.3 Å². The van der Waals surface area contributed by atoms with E-state index in [-0.39, 0.29) is 11.3 Å². The summed E-state index contributed by atoms with van der Waals surface area (Å²) >= 11 is 0. The first-order chi connectivity index (χ1) is 12.7.